The molecule has 0 unspecified atom stereocenters. The number of anilines is 2. The van der Waals surface area contributed by atoms with Crippen LogP contribution in [0.15, 0.2) is 12.3 Å². The first-order valence-corrected chi connectivity index (χ1v) is 2.71. The Morgan fingerprint density at radius 3 is 2.60 bits per heavy atom. The normalized spacial score (nSPS) is 8.70. The van der Waals surface area contributed by atoms with Crippen molar-refractivity contribution < 1.29 is 0 Å². The van der Waals surface area contributed by atoms with Gasteiger partial charge in [0.1, 0.15) is 5.69 Å². The predicted molar refractivity (Wildman–Crippen MR) is 41.0 cm³/mol. The largest absolute Gasteiger partial charge is 0.397 e. The lowest BCUT2D eigenvalue weighted by Crippen LogP contribution is -1.96. The van der Waals surface area contributed by atoms with E-state index in [0.717, 1.165) is 0 Å². The molecule has 0 aliphatic carbocycles. The summed E-state index contributed by atoms with van der Waals surface area (Å²) in [4.78, 5) is 3.82. The van der Waals surface area contributed by atoms with Crippen molar-refractivity contribution in [1.82, 2.24) is 4.98 Å². The Kier molecular flexibility index (Phi) is 1.46. The molecule has 0 atom stereocenters. The highest BCUT2D eigenvalue weighted by molar-refractivity contribution is 5.62. The topological polar surface area (TPSA) is 64.9 Å². The molecule has 1 aromatic rings. The maximum Gasteiger partial charge on any atom is 0.115 e. The number of rotatable bonds is 0. The molecule has 50 valence electrons. The number of hydrogen-bond donors (Lipinski definition) is 2. The fraction of sp³-hybridized carbons (Fsp3) is 0. The Morgan fingerprint density at radius 2 is 2.10 bits per heavy atom. The van der Waals surface area contributed by atoms with Gasteiger partial charge in [0.05, 0.1) is 17.6 Å². The monoisotopic (exact) mass is 133 g/mol. The summed E-state index contributed by atoms with van der Waals surface area (Å²) in [6.45, 7) is 0. The maximum absolute atomic E-state index is 5.44. The minimum absolute atomic E-state index is 0.457. The summed E-state index contributed by atoms with van der Waals surface area (Å²) < 4.78 is 0. The van der Waals surface area contributed by atoms with Gasteiger partial charge < -0.3 is 11.5 Å². The van der Waals surface area contributed by atoms with Crippen molar-refractivity contribution in [3.05, 3.63) is 18.0 Å². The molecule has 0 saturated heterocycles. The van der Waals surface area contributed by atoms with E-state index in [2.05, 4.69) is 10.9 Å². The van der Waals surface area contributed by atoms with Gasteiger partial charge in [0, 0.05) is 0 Å². The summed E-state index contributed by atoms with van der Waals surface area (Å²) in [7, 11) is 0. The minimum Gasteiger partial charge on any atom is -0.397 e. The molecule has 0 aliphatic rings. The van der Waals surface area contributed by atoms with E-state index in [9.17, 15) is 0 Å². The molecule has 3 heteroatoms. The van der Waals surface area contributed by atoms with Crippen LogP contribution in [0.1, 0.15) is 5.69 Å². The van der Waals surface area contributed by atoms with E-state index in [1.807, 2.05) is 0 Å². The Morgan fingerprint density at radius 1 is 1.40 bits per heavy atom. The van der Waals surface area contributed by atoms with Crippen molar-refractivity contribution in [2.75, 3.05) is 11.5 Å². The Bertz CT molecular complexity index is 285. The molecule has 0 spiro atoms. The first-order chi connectivity index (χ1) is 4.74. The first kappa shape index (κ1) is 6.43. The van der Waals surface area contributed by atoms with Crippen molar-refractivity contribution in [2.45, 2.75) is 0 Å². The van der Waals surface area contributed by atoms with Crippen LogP contribution in [0.2, 0.25) is 0 Å². The quantitative estimate of drug-likeness (QED) is 0.498. The van der Waals surface area contributed by atoms with E-state index < -0.39 is 0 Å². The van der Waals surface area contributed by atoms with Crippen molar-refractivity contribution in [2.24, 2.45) is 0 Å². The molecule has 1 heterocycles. The lowest BCUT2D eigenvalue weighted by molar-refractivity contribution is 1.29. The third kappa shape index (κ3) is 1.00. The Labute approximate surface area is 59.1 Å². The van der Waals surface area contributed by atoms with Gasteiger partial charge in [-0.25, -0.2) is 4.98 Å². The van der Waals surface area contributed by atoms with Gasteiger partial charge in [-0.3, -0.25) is 0 Å². The van der Waals surface area contributed by atoms with Crippen molar-refractivity contribution in [3.63, 3.8) is 0 Å². The second kappa shape index (κ2) is 2.28. The van der Waals surface area contributed by atoms with Gasteiger partial charge >= 0.3 is 0 Å². The van der Waals surface area contributed by atoms with E-state index in [4.69, 9.17) is 17.9 Å². The lowest BCUT2D eigenvalue weighted by Gasteiger charge is -1.97. The average Bonchev–Trinajstić information content (AvgIpc) is 1.95. The lowest BCUT2D eigenvalue weighted by atomic mass is 10.3. The fourth-order valence-corrected chi connectivity index (χ4v) is 0.560. The van der Waals surface area contributed by atoms with Crippen LogP contribution >= 0.6 is 0 Å². The summed E-state index contributed by atoms with van der Waals surface area (Å²) in [5.74, 6) is 2.35. The van der Waals surface area contributed by atoms with Crippen LogP contribution in [-0.4, -0.2) is 4.98 Å². The van der Waals surface area contributed by atoms with Crippen LogP contribution < -0.4 is 11.5 Å². The molecule has 0 amide bonds. The second-order valence-corrected chi connectivity index (χ2v) is 1.84. The molecular formula is C7H7N3. The Hall–Kier alpha value is -1.69. The molecule has 3 nitrogen and oxygen atoms in total. The zero-order valence-corrected chi connectivity index (χ0v) is 5.33. The predicted octanol–water partition coefficient (Wildman–Crippen LogP) is 0.227. The average molecular weight is 133 g/mol. The third-order valence-corrected chi connectivity index (χ3v) is 1.12. The number of pyridine rings is 1. The maximum atomic E-state index is 5.44. The van der Waals surface area contributed by atoms with E-state index in [-0.39, 0.29) is 0 Å². The molecule has 0 aliphatic heterocycles. The van der Waals surface area contributed by atoms with Crippen LogP contribution in [0, 0.1) is 12.3 Å². The van der Waals surface area contributed by atoms with Gasteiger partial charge in [-0.15, -0.1) is 6.42 Å². The molecule has 0 saturated carbocycles. The molecule has 1 aromatic heterocycles. The molecule has 1 rings (SSSR count). The van der Waals surface area contributed by atoms with Crippen LogP contribution in [-0.2, 0) is 0 Å². The fourth-order valence-electron chi connectivity index (χ4n) is 0.560. The van der Waals surface area contributed by atoms with Crippen molar-refractivity contribution in [1.29, 1.82) is 0 Å². The molecule has 0 radical (unpaired) electrons. The number of nitrogens with two attached hydrogens (primary N) is 2. The number of aromatic nitrogens is 1. The molecular weight excluding hydrogens is 126 g/mol. The van der Waals surface area contributed by atoms with Crippen LogP contribution in [0.5, 0.6) is 0 Å². The van der Waals surface area contributed by atoms with E-state index >= 15 is 0 Å². The van der Waals surface area contributed by atoms with Crippen LogP contribution in [0.25, 0.3) is 0 Å². The standard InChI is InChI=1S/C7H7N3/c1-2-5-3-6(8)7(9)4-10-5/h1,3-4H,9H2,(H2,8,10). The molecule has 10 heavy (non-hydrogen) atoms. The van der Waals surface area contributed by atoms with Gasteiger partial charge in [0.2, 0.25) is 0 Å². The molecule has 0 bridgehead atoms. The van der Waals surface area contributed by atoms with Crippen molar-refractivity contribution in [3.8, 4) is 12.3 Å². The van der Waals surface area contributed by atoms with E-state index in [0.29, 0.717) is 17.1 Å². The number of terminal acetylenes is 1. The summed E-state index contributed by atoms with van der Waals surface area (Å²) in [6.07, 6.45) is 6.51. The Balaban J connectivity index is 3.20. The van der Waals surface area contributed by atoms with Crippen LogP contribution in [0.3, 0.4) is 0 Å². The van der Waals surface area contributed by atoms with Gasteiger partial charge in [0.15, 0.2) is 0 Å². The molecule has 0 aromatic carbocycles. The number of nitrogens with zero attached hydrogens (tertiary/aromatic N) is 1. The summed E-state index contributed by atoms with van der Waals surface area (Å²) >= 11 is 0. The smallest absolute Gasteiger partial charge is 0.115 e. The van der Waals surface area contributed by atoms with Crippen LogP contribution in [0.4, 0.5) is 11.4 Å². The van der Waals surface area contributed by atoms with Gasteiger partial charge in [-0.2, -0.15) is 0 Å². The van der Waals surface area contributed by atoms with E-state index in [1.165, 1.54) is 6.20 Å². The van der Waals surface area contributed by atoms with Crippen molar-refractivity contribution >= 4 is 11.4 Å². The SMILES string of the molecule is C#Cc1cc(N)c(N)cn1. The second-order valence-electron chi connectivity index (χ2n) is 1.84. The number of hydrogen-bond acceptors (Lipinski definition) is 3. The third-order valence-electron chi connectivity index (χ3n) is 1.12. The van der Waals surface area contributed by atoms with Gasteiger partial charge in [0.25, 0.3) is 0 Å². The summed E-state index contributed by atoms with van der Waals surface area (Å²) in [6, 6.07) is 1.56. The summed E-state index contributed by atoms with van der Waals surface area (Å²) in [5.41, 5.74) is 12.3. The minimum atomic E-state index is 0.457. The molecule has 0 fully saturated rings. The molecule has 4 N–H and O–H groups in total. The van der Waals surface area contributed by atoms with Gasteiger partial charge in [-0.05, 0) is 6.07 Å². The first-order valence-electron chi connectivity index (χ1n) is 2.71. The zero-order chi connectivity index (χ0) is 7.56. The highest BCUT2D eigenvalue weighted by Crippen LogP contribution is 2.11. The van der Waals surface area contributed by atoms with Gasteiger partial charge in [-0.1, -0.05) is 5.92 Å². The van der Waals surface area contributed by atoms with E-state index in [1.54, 1.807) is 6.07 Å². The zero-order valence-electron chi connectivity index (χ0n) is 5.33. The highest BCUT2D eigenvalue weighted by atomic mass is 14.8. The summed E-state index contributed by atoms with van der Waals surface area (Å²) in [5, 5.41) is 0. The number of nitrogen functional groups attached to an aromatic ring is 2. The highest BCUT2D eigenvalue weighted by Gasteiger charge is 1.93.